The molecule has 0 radical (unpaired) electrons. The van der Waals surface area contributed by atoms with Crippen LogP contribution in [0.5, 0.6) is 0 Å². The molecule has 68 valence electrons. The molecule has 0 bridgehead atoms. The minimum atomic E-state index is -0.407. The summed E-state index contributed by atoms with van der Waals surface area (Å²) in [6.07, 6.45) is 0. The molecule has 1 aromatic rings. The quantitative estimate of drug-likeness (QED) is 0.699. The average molecular weight is 176 g/mol. The lowest BCUT2D eigenvalue weighted by atomic mass is 10.0. The van der Waals surface area contributed by atoms with Gasteiger partial charge >= 0.3 is 0 Å². The van der Waals surface area contributed by atoms with Crippen LogP contribution in [0, 0.1) is 0 Å². The van der Waals surface area contributed by atoms with Crippen LogP contribution in [0.2, 0.25) is 0 Å². The van der Waals surface area contributed by atoms with E-state index in [1.54, 1.807) is 5.01 Å². The normalized spacial score (nSPS) is 19.8. The largest absolute Gasteiger partial charge is 0.271 e. The third-order valence-corrected chi connectivity index (χ3v) is 2.14. The Balaban J connectivity index is 2.20. The van der Waals surface area contributed by atoms with Gasteiger partial charge in [-0.05, 0) is 26.0 Å². The van der Waals surface area contributed by atoms with E-state index in [9.17, 15) is 4.79 Å². The highest BCUT2D eigenvalue weighted by Crippen LogP contribution is 2.24. The zero-order chi connectivity index (χ0) is 9.47. The highest BCUT2D eigenvalue weighted by atomic mass is 16.2. The van der Waals surface area contributed by atoms with Crippen LogP contribution in [0.3, 0.4) is 0 Å². The van der Waals surface area contributed by atoms with E-state index in [0.717, 1.165) is 5.69 Å². The first-order valence-corrected chi connectivity index (χ1v) is 4.29. The van der Waals surface area contributed by atoms with Crippen LogP contribution >= 0.6 is 0 Å². The van der Waals surface area contributed by atoms with Gasteiger partial charge in [-0.1, -0.05) is 18.2 Å². The average Bonchev–Trinajstić information content (AvgIpc) is 2.15. The number of hydrazine groups is 1. The molecule has 0 atom stereocenters. The number of hydrogen-bond donors (Lipinski definition) is 1. The number of carbonyl (C=O) groups is 1. The Morgan fingerprint density at radius 3 is 2.31 bits per heavy atom. The maximum atomic E-state index is 11.5. The third kappa shape index (κ3) is 1.21. The molecule has 3 nitrogen and oxygen atoms in total. The van der Waals surface area contributed by atoms with Gasteiger partial charge < -0.3 is 0 Å². The molecule has 13 heavy (non-hydrogen) atoms. The fraction of sp³-hybridized carbons (Fsp3) is 0.300. The van der Waals surface area contributed by atoms with Crippen LogP contribution in [0.25, 0.3) is 0 Å². The number of nitrogens with one attached hydrogen (secondary N) is 1. The molecule has 1 aliphatic rings. The Bertz CT molecular complexity index is 332. The molecular formula is C10H12N2O. The minimum absolute atomic E-state index is 0.110. The molecule has 0 aromatic heterocycles. The van der Waals surface area contributed by atoms with Gasteiger partial charge in [0, 0.05) is 0 Å². The molecule has 2 rings (SSSR count). The fourth-order valence-corrected chi connectivity index (χ4v) is 1.36. The van der Waals surface area contributed by atoms with E-state index in [0.29, 0.717) is 0 Å². The summed E-state index contributed by atoms with van der Waals surface area (Å²) in [6, 6.07) is 9.56. The van der Waals surface area contributed by atoms with Crippen molar-refractivity contribution in [1.82, 2.24) is 5.43 Å². The summed E-state index contributed by atoms with van der Waals surface area (Å²) in [5.74, 6) is 0.110. The van der Waals surface area contributed by atoms with Gasteiger partial charge in [0.2, 0.25) is 0 Å². The van der Waals surface area contributed by atoms with Crippen LogP contribution in [-0.4, -0.2) is 11.4 Å². The zero-order valence-electron chi connectivity index (χ0n) is 7.74. The molecule has 0 unspecified atom stereocenters. The molecule has 1 amide bonds. The number of para-hydroxylation sites is 1. The Morgan fingerprint density at radius 2 is 1.85 bits per heavy atom. The standard InChI is InChI=1S/C10H12N2O/c1-10(2)9(13)12(11-10)8-6-4-3-5-7-8/h3-7,11H,1-2H3. The van der Waals surface area contributed by atoms with E-state index in [1.807, 2.05) is 44.2 Å². The van der Waals surface area contributed by atoms with Crippen LogP contribution in [0.15, 0.2) is 30.3 Å². The lowest BCUT2D eigenvalue weighted by molar-refractivity contribution is -0.131. The Labute approximate surface area is 77.3 Å². The fourth-order valence-electron chi connectivity index (χ4n) is 1.36. The summed E-state index contributed by atoms with van der Waals surface area (Å²) in [4.78, 5) is 11.5. The topological polar surface area (TPSA) is 32.3 Å². The van der Waals surface area contributed by atoms with Crippen molar-refractivity contribution in [2.45, 2.75) is 19.4 Å². The number of hydrogen-bond acceptors (Lipinski definition) is 2. The summed E-state index contributed by atoms with van der Waals surface area (Å²) < 4.78 is 0. The number of benzene rings is 1. The molecule has 1 aliphatic heterocycles. The highest BCUT2D eigenvalue weighted by molar-refractivity contribution is 6.04. The molecule has 0 spiro atoms. The van der Waals surface area contributed by atoms with Crippen LogP contribution in [0.4, 0.5) is 5.69 Å². The maximum absolute atomic E-state index is 11.5. The van der Waals surface area contributed by atoms with Crippen LogP contribution < -0.4 is 10.4 Å². The number of rotatable bonds is 1. The van der Waals surface area contributed by atoms with Crippen molar-refractivity contribution in [3.05, 3.63) is 30.3 Å². The second-order valence-electron chi connectivity index (χ2n) is 3.71. The second-order valence-corrected chi connectivity index (χ2v) is 3.71. The smallest absolute Gasteiger partial charge is 0.262 e. The zero-order valence-corrected chi connectivity index (χ0v) is 7.74. The van der Waals surface area contributed by atoms with Gasteiger partial charge in [0.25, 0.3) is 5.91 Å². The SMILES string of the molecule is CC1(C)NN(c2ccccc2)C1=O. The van der Waals surface area contributed by atoms with E-state index < -0.39 is 5.54 Å². The molecule has 1 aromatic carbocycles. The van der Waals surface area contributed by atoms with E-state index in [-0.39, 0.29) is 5.91 Å². The Kier molecular flexibility index (Phi) is 1.63. The van der Waals surface area contributed by atoms with Gasteiger partial charge in [-0.2, -0.15) is 0 Å². The summed E-state index contributed by atoms with van der Waals surface area (Å²) in [5.41, 5.74) is 3.56. The lowest BCUT2D eigenvalue weighted by Crippen LogP contribution is -2.73. The first kappa shape index (κ1) is 8.26. The summed E-state index contributed by atoms with van der Waals surface area (Å²) in [7, 11) is 0. The predicted molar refractivity (Wildman–Crippen MR) is 51.1 cm³/mol. The first-order valence-electron chi connectivity index (χ1n) is 4.29. The maximum Gasteiger partial charge on any atom is 0.262 e. The van der Waals surface area contributed by atoms with Crippen LogP contribution in [-0.2, 0) is 4.79 Å². The third-order valence-electron chi connectivity index (χ3n) is 2.14. The van der Waals surface area contributed by atoms with Crippen LogP contribution in [0.1, 0.15) is 13.8 Å². The molecule has 1 heterocycles. The van der Waals surface area contributed by atoms with Crippen molar-refractivity contribution in [3.8, 4) is 0 Å². The van der Waals surface area contributed by atoms with Crippen molar-refractivity contribution in [1.29, 1.82) is 0 Å². The monoisotopic (exact) mass is 176 g/mol. The van der Waals surface area contributed by atoms with Gasteiger partial charge in [0.1, 0.15) is 5.54 Å². The second kappa shape index (κ2) is 2.57. The van der Waals surface area contributed by atoms with Crippen molar-refractivity contribution in [2.24, 2.45) is 0 Å². The molecular weight excluding hydrogens is 164 g/mol. The van der Waals surface area contributed by atoms with Crippen molar-refractivity contribution in [3.63, 3.8) is 0 Å². The Hall–Kier alpha value is -1.35. The number of carbonyl (C=O) groups excluding carboxylic acids is 1. The highest BCUT2D eigenvalue weighted by Gasteiger charge is 2.44. The summed E-state index contributed by atoms with van der Waals surface area (Å²) in [6.45, 7) is 3.74. The summed E-state index contributed by atoms with van der Waals surface area (Å²) in [5, 5.41) is 1.57. The van der Waals surface area contributed by atoms with Crippen molar-refractivity contribution < 1.29 is 4.79 Å². The van der Waals surface area contributed by atoms with Gasteiger partial charge in [-0.25, -0.2) is 10.4 Å². The molecule has 0 aliphatic carbocycles. The molecule has 1 fully saturated rings. The molecule has 1 saturated heterocycles. The van der Waals surface area contributed by atoms with Gasteiger partial charge in [-0.15, -0.1) is 0 Å². The predicted octanol–water partition coefficient (Wildman–Crippen LogP) is 1.32. The number of nitrogens with zero attached hydrogens (tertiary/aromatic N) is 1. The van der Waals surface area contributed by atoms with E-state index >= 15 is 0 Å². The molecule has 0 saturated carbocycles. The number of anilines is 1. The lowest BCUT2D eigenvalue weighted by Gasteiger charge is -2.45. The Morgan fingerprint density at radius 1 is 1.23 bits per heavy atom. The van der Waals surface area contributed by atoms with E-state index in [4.69, 9.17) is 0 Å². The van der Waals surface area contributed by atoms with E-state index in [2.05, 4.69) is 5.43 Å². The number of amides is 1. The van der Waals surface area contributed by atoms with E-state index in [1.165, 1.54) is 0 Å². The van der Waals surface area contributed by atoms with Gasteiger partial charge in [-0.3, -0.25) is 4.79 Å². The minimum Gasteiger partial charge on any atom is -0.271 e. The van der Waals surface area contributed by atoms with Crippen molar-refractivity contribution in [2.75, 3.05) is 5.01 Å². The molecule has 3 heteroatoms. The van der Waals surface area contributed by atoms with Gasteiger partial charge in [0.15, 0.2) is 0 Å². The van der Waals surface area contributed by atoms with Crippen molar-refractivity contribution >= 4 is 11.6 Å². The molecule has 1 N–H and O–H groups in total. The summed E-state index contributed by atoms with van der Waals surface area (Å²) >= 11 is 0. The van der Waals surface area contributed by atoms with Gasteiger partial charge in [0.05, 0.1) is 5.69 Å². The first-order chi connectivity index (χ1) is 6.11.